The first-order valence-electron chi connectivity index (χ1n) is 4.09. The number of nitrogen functional groups attached to an aromatic ring is 1. The summed E-state index contributed by atoms with van der Waals surface area (Å²) in [5.41, 5.74) is 6.59. The molecule has 0 unspecified atom stereocenters. The van der Waals surface area contributed by atoms with E-state index in [0.29, 0.717) is 11.8 Å². The first kappa shape index (κ1) is 9.45. The molecular weight excluding hydrogens is 291 g/mol. The number of aromatic nitrogens is 3. The summed E-state index contributed by atoms with van der Waals surface area (Å²) in [6, 6.07) is 7.99. The fourth-order valence-electron chi connectivity index (χ4n) is 1.15. The van der Waals surface area contributed by atoms with E-state index in [0.717, 1.165) is 9.13 Å². The van der Waals surface area contributed by atoms with Gasteiger partial charge in [-0.25, -0.2) is 4.68 Å². The van der Waals surface area contributed by atoms with Crippen LogP contribution in [0.4, 0.5) is 5.95 Å². The second-order valence-electron chi connectivity index (χ2n) is 2.93. The van der Waals surface area contributed by atoms with Gasteiger partial charge in [0.1, 0.15) is 0 Å². The Morgan fingerprint density at radius 1 is 1.43 bits per heavy atom. The van der Waals surface area contributed by atoms with Crippen LogP contribution < -0.4 is 5.73 Å². The molecule has 0 fully saturated rings. The van der Waals surface area contributed by atoms with E-state index in [9.17, 15) is 0 Å². The Hall–Kier alpha value is -1.11. The van der Waals surface area contributed by atoms with Crippen molar-refractivity contribution in [2.75, 3.05) is 5.73 Å². The summed E-state index contributed by atoms with van der Waals surface area (Å²) in [6.45, 7) is 0. The zero-order valence-corrected chi connectivity index (χ0v) is 9.76. The van der Waals surface area contributed by atoms with E-state index in [1.54, 1.807) is 11.7 Å². The summed E-state index contributed by atoms with van der Waals surface area (Å²) in [4.78, 5) is 4.15. The van der Waals surface area contributed by atoms with Gasteiger partial charge in [-0.1, -0.05) is 12.1 Å². The Labute approximate surface area is 95.3 Å². The summed E-state index contributed by atoms with van der Waals surface area (Å²) in [6.07, 6.45) is 0. The van der Waals surface area contributed by atoms with Crippen LogP contribution in [0.25, 0.3) is 11.4 Å². The number of halogens is 1. The molecule has 0 bridgehead atoms. The van der Waals surface area contributed by atoms with Crippen LogP contribution in [0.1, 0.15) is 0 Å². The third-order valence-corrected chi connectivity index (χ3v) is 2.55. The minimum Gasteiger partial charge on any atom is -0.368 e. The number of hydrogen-bond acceptors (Lipinski definition) is 3. The van der Waals surface area contributed by atoms with E-state index in [-0.39, 0.29) is 0 Å². The summed E-state index contributed by atoms with van der Waals surface area (Å²) < 4.78 is 2.72. The lowest BCUT2D eigenvalue weighted by atomic mass is 10.2. The largest absolute Gasteiger partial charge is 0.368 e. The first-order valence-corrected chi connectivity index (χ1v) is 5.17. The molecule has 5 heteroatoms. The van der Waals surface area contributed by atoms with Gasteiger partial charge in [-0.3, -0.25) is 0 Å². The summed E-state index contributed by atoms with van der Waals surface area (Å²) in [5, 5.41) is 4.20. The minimum absolute atomic E-state index is 0.430. The molecule has 1 aromatic carbocycles. The zero-order chi connectivity index (χ0) is 10.1. The van der Waals surface area contributed by atoms with Gasteiger partial charge in [0.15, 0.2) is 5.82 Å². The maximum Gasteiger partial charge on any atom is 0.218 e. The molecule has 0 radical (unpaired) electrons. The van der Waals surface area contributed by atoms with Crippen molar-refractivity contribution < 1.29 is 0 Å². The van der Waals surface area contributed by atoms with Crippen LogP contribution in [-0.4, -0.2) is 14.8 Å². The predicted molar refractivity (Wildman–Crippen MR) is 63.6 cm³/mol. The van der Waals surface area contributed by atoms with Crippen LogP contribution in [0.3, 0.4) is 0 Å². The van der Waals surface area contributed by atoms with Crippen LogP contribution in [0, 0.1) is 3.57 Å². The average molecular weight is 300 g/mol. The molecule has 14 heavy (non-hydrogen) atoms. The summed E-state index contributed by atoms with van der Waals surface area (Å²) >= 11 is 2.25. The molecule has 1 aromatic heterocycles. The summed E-state index contributed by atoms with van der Waals surface area (Å²) in [5.74, 6) is 1.10. The average Bonchev–Trinajstić information content (AvgIpc) is 2.47. The molecule has 0 aliphatic heterocycles. The van der Waals surface area contributed by atoms with E-state index in [1.165, 1.54) is 0 Å². The van der Waals surface area contributed by atoms with Crippen molar-refractivity contribution in [3.05, 3.63) is 27.8 Å². The highest BCUT2D eigenvalue weighted by atomic mass is 127. The van der Waals surface area contributed by atoms with Gasteiger partial charge in [0.2, 0.25) is 5.95 Å². The van der Waals surface area contributed by atoms with Crippen LogP contribution in [-0.2, 0) is 7.05 Å². The molecule has 0 atom stereocenters. The lowest BCUT2D eigenvalue weighted by molar-refractivity contribution is 0.781. The molecular formula is C9H9IN4. The van der Waals surface area contributed by atoms with Gasteiger partial charge >= 0.3 is 0 Å². The smallest absolute Gasteiger partial charge is 0.218 e. The molecule has 0 saturated carbocycles. The number of hydrogen-bond donors (Lipinski definition) is 1. The van der Waals surface area contributed by atoms with Crippen molar-refractivity contribution in [3.8, 4) is 11.4 Å². The van der Waals surface area contributed by atoms with Crippen molar-refractivity contribution in [2.24, 2.45) is 7.05 Å². The van der Waals surface area contributed by atoms with E-state index in [4.69, 9.17) is 5.73 Å². The Morgan fingerprint density at radius 3 is 2.79 bits per heavy atom. The highest BCUT2D eigenvalue weighted by molar-refractivity contribution is 14.1. The lowest BCUT2D eigenvalue weighted by Crippen LogP contribution is -1.97. The molecule has 2 N–H and O–H groups in total. The van der Waals surface area contributed by atoms with Gasteiger partial charge in [0.25, 0.3) is 0 Å². The van der Waals surface area contributed by atoms with Crippen molar-refractivity contribution in [2.45, 2.75) is 0 Å². The SMILES string of the molecule is Cn1nc(-c2cccc(I)c2)nc1N. The third-order valence-electron chi connectivity index (χ3n) is 1.88. The number of nitrogens with zero attached hydrogens (tertiary/aromatic N) is 3. The van der Waals surface area contributed by atoms with Gasteiger partial charge in [-0.05, 0) is 34.7 Å². The quantitative estimate of drug-likeness (QED) is 0.815. The Balaban J connectivity index is 2.49. The number of benzene rings is 1. The maximum absolute atomic E-state index is 5.60. The molecule has 72 valence electrons. The standard InChI is InChI=1S/C9H9IN4/c1-14-9(11)12-8(13-14)6-3-2-4-7(10)5-6/h2-5H,1H3,(H2,11,12,13). The normalized spacial score (nSPS) is 10.4. The third kappa shape index (κ3) is 1.72. The maximum atomic E-state index is 5.60. The van der Waals surface area contributed by atoms with Gasteiger partial charge in [-0.15, -0.1) is 5.10 Å². The van der Waals surface area contributed by atoms with E-state index >= 15 is 0 Å². The van der Waals surface area contributed by atoms with Crippen LogP contribution in [0.2, 0.25) is 0 Å². The van der Waals surface area contributed by atoms with Gasteiger partial charge in [-0.2, -0.15) is 4.98 Å². The fraction of sp³-hybridized carbons (Fsp3) is 0.111. The van der Waals surface area contributed by atoms with Gasteiger partial charge in [0, 0.05) is 16.2 Å². The van der Waals surface area contributed by atoms with Crippen molar-refractivity contribution in [1.29, 1.82) is 0 Å². The number of rotatable bonds is 1. The minimum atomic E-state index is 0.430. The topological polar surface area (TPSA) is 56.7 Å². The Morgan fingerprint density at radius 2 is 2.21 bits per heavy atom. The molecule has 1 heterocycles. The molecule has 2 rings (SSSR count). The predicted octanol–water partition coefficient (Wildman–Crippen LogP) is 1.67. The zero-order valence-electron chi connectivity index (χ0n) is 7.61. The molecule has 0 aliphatic rings. The lowest BCUT2D eigenvalue weighted by Gasteiger charge is -1.94. The van der Waals surface area contributed by atoms with E-state index in [2.05, 4.69) is 32.7 Å². The molecule has 4 nitrogen and oxygen atoms in total. The first-order chi connectivity index (χ1) is 6.66. The van der Waals surface area contributed by atoms with Crippen molar-refractivity contribution in [1.82, 2.24) is 14.8 Å². The van der Waals surface area contributed by atoms with Gasteiger partial charge < -0.3 is 5.73 Å². The monoisotopic (exact) mass is 300 g/mol. The molecule has 0 aliphatic carbocycles. The molecule has 0 spiro atoms. The number of aryl methyl sites for hydroxylation is 1. The second-order valence-corrected chi connectivity index (χ2v) is 4.17. The van der Waals surface area contributed by atoms with E-state index in [1.807, 2.05) is 24.3 Å². The second kappa shape index (κ2) is 3.56. The Kier molecular flexibility index (Phi) is 2.40. The summed E-state index contributed by atoms with van der Waals surface area (Å²) in [7, 11) is 1.78. The highest BCUT2D eigenvalue weighted by Crippen LogP contribution is 2.18. The van der Waals surface area contributed by atoms with Crippen LogP contribution in [0.5, 0.6) is 0 Å². The molecule has 0 amide bonds. The fourth-order valence-corrected chi connectivity index (χ4v) is 1.69. The number of anilines is 1. The van der Waals surface area contributed by atoms with E-state index < -0.39 is 0 Å². The van der Waals surface area contributed by atoms with Crippen LogP contribution >= 0.6 is 22.6 Å². The highest BCUT2D eigenvalue weighted by Gasteiger charge is 2.06. The van der Waals surface area contributed by atoms with Crippen molar-refractivity contribution in [3.63, 3.8) is 0 Å². The van der Waals surface area contributed by atoms with Gasteiger partial charge in [0.05, 0.1) is 0 Å². The Bertz CT molecular complexity index is 444. The van der Waals surface area contributed by atoms with Crippen LogP contribution in [0.15, 0.2) is 24.3 Å². The molecule has 0 saturated heterocycles. The molecule has 2 aromatic rings. The van der Waals surface area contributed by atoms with Crippen molar-refractivity contribution >= 4 is 28.5 Å². The number of nitrogens with two attached hydrogens (primary N) is 1.